The Balaban J connectivity index is 2.34. The molecule has 0 saturated heterocycles. The van der Waals surface area contributed by atoms with E-state index in [4.69, 9.17) is 20.6 Å². The van der Waals surface area contributed by atoms with Crippen LogP contribution in [0.2, 0.25) is 0 Å². The molecule has 100 valence electrons. The van der Waals surface area contributed by atoms with Crippen LogP contribution in [-0.2, 0) is 9.53 Å². The number of ether oxygens (including phenoxy) is 3. The summed E-state index contributed by atoms with van der Waals surface area (Å²) in [5.41, 5.74) is 0.693. The van der Waals surface area contributed by atoms with Crippen LogP contribution in [0.25, 0.3) is 0 Å². The highest BCUT2D eigenvalue weighted by atomic mass is 79.9. The van der Waals surface area contributed by atoms with Crippen LogP contribution in [0.15, 0.2) is 16.6 Å². The lowest BCUT2D eigenvalue weighted by Gasteiger charge is -2.16. The molecule has 1 N–H and O–H groups in total. The van der Waals surface area contributed by atoms with Gasteiger partial charge < -0.3 is 14.2 Å². The van der Waals surface area contributed by atoms with E-state index in [1.54, 1.807) is 12.1 Å². The zero-order chi connectivity index (χ0) is 13.8. The number of carbonyl (C=O) groups excluding carboxylic acids is 1. The summed E-state index contributed by atoms with van der Waals surface area (Å²) in [5.74, 6) is 3.22. The Morgan fingerprint density at radius 3 is 3.11 bits per heavy atom. The molecule has 1 atom stereocenters. The van der Waals surface area contributed by atoms with Crippen LogP contribution in [-0.4, -0.2) is 26.4 Å². The van der Waals surface area contributed by atoms with Gasteiger partial charge in [-0.15, -0.1) is 6.42 Å². The summed E-state index contributed by atoms with van der Waals surface area (Å²) >= 11 is 3.38. The highest BCUT2D eigenvalue weighted by Gasteiger charge is 2.25. The Hall–Kier alpha value is -1.71. The topological polar surface area (TPSA) is 56.8 Å². The van der Waals surface area contributed by atoms with E-state index < -0.39 is 12.0 Å². The van der Waals surface area contributed by atoms with E-state index in [1.165, 1.54) is 7.11 Å². The van der Waals surface area contributed by atoms with Crippen molar-refractivity contribution in [3.05, 3.63) is 22.2 Å². The molecule has 1 aromatic carbocycles. The molecule has 1 heterocycles. The molecule has 1 unspecified atom stereocenters. The van der Waals surface area contributed by atoms with Crippen molar-refractivity contribution in [3.8, 4) is 23.8 Å². The fourth-order valence-electron chi connectivity index (χ4n) is 1.77. The normalized spacial score (nSPS) is 13.7. The minimum absolute atomic E-state index is 0.165. The first-order valence-electron chi connectivity index (χ1n) is 5.51. The van der Waals surface area contributed by atoms with Crippen LogP contribution >= 0.6 is 15.9 Å². The van der Waals surface area contributed by atoms with Gasteiger partial charge in [0.2, 0.25) is 6.79 Å². The summed E-state index contributed by atoms with van der Waals surface area (Å²) in [6.07, 6.45) is 5.20. The van der Waals surface area contributed by atoms with Gasteiger partial charge in [0.15, 0.2) is 11.5 Å². The fraction of sp³-hybridized carbons (Fsp3) is 0.308. The molecule has 0 radical (unpaired) electrons. The van der Waals surface area contributed by atoms with E-state index >= 15 is 0 Å². The van der Waals surface area contributed by atoms with Gasteiger partial charge in [-0.2, -0.15) is 0 Å². The summed E-state index contributed by atoms with van der Waals surface area (Å²) in [6, 6.07) is 2.86. The fourth-order valence-corrected chi connectivity index (χ4v) is 2.34. The third-order valence-corrected chi connectivity index (χ3v) is 3.22. The molecule has 0 amide bonds. The Morgan fingerprint density at radius 2 is 2.42 bits per heavy atom. The first-order valence-corrected chi connectivity index (χ1v) is 6.30. The number of esters is 1. The summed E-state index contributed by atoms with van der Waals surface area (Å²) in [7, 11) is 1.33. The highest BCUT2D eigenvalue weighted by Crippen LogP contribution is 2.41. The molecule has 0 aliphatic carbocycles. The van der Waals surface area contributed by atoms with E-state index in [-0.39, 0.29) is 13.3 Å². The third-order valence-electron chi connectivity index (χ3n) is 2.63. The van der Waals surface area contributed by atoms with Crippen LogP contribution in [0.4, 0.5) is 0 Å². The monoisotopic (exact) mass is 325 g/mol. The van der Waals surface area contributed by atoms with Crippen molar-refractivity contribution in [2.24, 2.45) is 0 Å². The van der Waals surface area contributed by atoms with Gasteiger partial charge in [-0.1, -0.05) is 5.92 Å². The SMILES string of the molecule is C#CCNC(C(=O)OC)c1cc(Br)c2c(c1)OCO2. The second kappa shape index (κ2) is 5.95. The molecule has 0 fully saturated rings. The van der Waals surface area contributed by atoms with Gasteiger partial charge >= 0.3 is 5.97 Å². The van der Waals surface area contributed by atoms with Gasteiger partial charge in [0.25, 0.3) is 0 Å². The summed E-state index contributed by atoms with van der Waals surface area (Å²) < 4.78 is 16.1. The maximum Gasteiger partial charge on any atom is 0.327 e. The van der Waals surface area contributed by atoms with Gasteiger partial charge in [0, 0.05) is 0 Å². The Labute approximate surface area is 119 Å². The number of methoxy groups -OCH3 is 1. The molecule has 2 rings (SSSR count). The van der Waals surface area contributed by atoms with Crippen LogP contribution in [0.3, 0.4) is 0 Å². The van der Waals surface area contributed by atoms with Crippen molar-refractivity contribution in [1.82, 2.24) is 5.32 Å². The number of hydrogen-bond acceptors (Lipinski definition) is 5. The van der Waals surface area contributed by atoms with E-state index in [0.29, 0.717) is 21.5 Å². The lowest BCUT2D eigenvalue weighted by molar-refractivity contribution is -0.143. The van der Waals surface area contributed by atoms with E-state index in [1.807, 2.05) is 0 Å². The Morgan fingerprint density at radius 1 is 1.63 bits per heavy atom. The van der Waals surface area contributed by atoms with Crippen LogP contribution in [0.1, 0.15) is 11.6 Å². The number of halogens is 1. The number of nitrogens with one attached hydrogen (secondary N) is 1. The molecule has 1 aliphatic heterocycles. The average molecular weight is 326 g/mol. The maximum atomic E-state index is 11.8. The molecule has 1 aromatic rings. The Bertz CT molecular complexity index is 538. The van der Waals surface area contributed by atoms with E-state index in [2.05, 4.69) is 27.2 Å². The highest BCUT2D eigenvalue weighted by molar-refractivity contribution is 9.10. The van der Waals surface area contributed by atoms with Crippen molar-refractivity contribution in [2.75, 3.05) is 20.4 Å². The predicted molar refractivity (Wildman–Crippen MR) is 71.9 cm³/mol. The number of benzene rings is 1. The minimum Gasteiger partial charge on any atom is -0.468 e. The smallest absolute Gasteiger partial charge is 0.327 e. The number of carbonyl (C=O) groups is 1. The zero-order valence-corrected chi connectivity index (χ0v) is 11.8. The molecule has 19 heavy (non-hydrogen) atoms. The molecule has 0 saturated carbocycles. The molecule has 6 heteroatoms. The Kier molecular flexibility index (Phi) is 4.30. The van der Waals surface area contributed by atoms with Gasteiger partial charge in [-0.3, -0.25) is 5.32 Å². The summed E-state index contributed by atoms with van der Waals surface area (Å²) in [5, 5.41) is 2.93. The molecule has 5 nitrogen and oxygen atoms in total. The number of fused-ring (bicyclic) bond motifs is 1. The van der Waals surface area contributed by atoms with Crippen molar-refractivity contribution in [3.63, 3.8) is 0 Å². The maximum absolute atomic E-state index is 11.8. The molecule has 0 bridgehead atoms. The number of hydrogen-bond donors (Lipinski definition) is 1. The largest absolute Gasteiger partial charge is 0.468 e. The molecule has 0 spiro atoms. The van der Waals surface area contributed by atoms with Gasteiger partial charge in [0.05, 0.1) is 18.1 Å². The third kappa shape index (κ3) is 2.83. The van der Waals surface area contributed by atoms with E-state index in [0.717, 1.165) is 0 Å². The second-order valence-electron chi connectivity index (χ2n) is 3.78. The summed E-state index contributed by atoms with van der Waals surface area (Å²) in [4.78, 5) is 11.8. The second-order valence-corrected chi connectivity index (χ2v) is 4.63. The first kappa shape index (κ1) is 13.7. The molecular formula is C13H12BrNO4. The number of rotatable bonds is 4. The molecule has 0 aromatic heterocycles. The zero-order valence-electron chi connectivity index (χ0n) is 10.2. The molecule has 1 aliphatic rings. The predicted octanol–water partition coefficient (Wildman–Crippen LogP) is 1.61. The van der Waals surface area contributed by atoms with Crippen LogP contribution < -0.4 is 14.8 Å². The van der Waals surface area contributed by atoms with Gasteiger partial charge in [-0.25, -0.2) is 4.79 Å². The van der Waals surface area contributed by atoms with Gasteiger partial charge in [-0.05, 0) is 33.6 Å². The quantitative estimate of drug-likeness (QED) is 0.673. The van der Waals surface area contributed by atoms with Crippen LogP contribution in [0.5, 0.6) is 11.5 Å². The summed E-state index contributed by atoms with van der Waals surface area (Å²) in [6.45, 7) is 0.421. The number of terminal acetylenes is 1. The lowest BCUT2D eigenvalue weighted by atomic mass is 10.1. The van der Waals surface area contributed by atoms with Crippen molar-refractivity contribution >= 4 is 21.9 Å². The van der Waals surface area contributed by atoms with Crippen molar-refractivity contribution in [2.45, 2.75) is 6.04 Å². The molecular weight excluding hydrogens is 314 g/mol. The standard InChI is InChI=1S/C13H12BrNO4/c1-3-4-15-11(13(16)17-2)8-5-9(14)12-10(6-8)18-7-19-12/h1,5-6,11,15H,4,7H2,2H3. The van der Waals surface area contributed by atoms with E-state index in [9.17, 15) is 4.79 Å². The van der Waals surface area contributed by atoms with Gasteiger partial charge in [0.1, 0.15) is 6.04 Å². The van der Waals surface area contributed by atoms with Crippen molar-refractivity contribution < 1.29 is 19.0 Å². The first-order chi connectivity index (χ1) is 9.17. The minimum atomic E-state index is -0.646. The van der Waals surface area contributed by atoms with Crippen LogP contribution in [0, 0.1) is 12.3 Å². The van der Waals surface area contributed by atoms with Crippen molar-refractivity contribution in [1.29, 1.82) is 0 Å². The lowest BCUT2D eigenvalue weighted by Crippen LogP contribution is -2.29. The average Bonchev–Trinajstić information content (AvgIpc) is 2.87.